The van der Waals surface area contributed by atoms with Crippen molar-refractivity contribution >= 4 is 0 Å². The third-order valence-electron chi connectivity index (χ3n) is 2.63. The van der Waals surface area contributed by atoms with Gasteiger partial charge < -0.3 is 0 Å². The summed E-state index contributed by atoms with van der Waals surface area (Å²) in [7, 11) is 0. The molecule has 0 aliphatic heterocycles. The van der Waals surface area contributed by atoms with Crippen LogP contribution in [0.15, 0.2) is 30.7 Å². The van der Waals surface area contributed by atoms with Crippen LogP contribution in [0, 0.1) is 5.95 Å². The highest BCUT2D eigenvalue weighted by Gasteiger charge is 2.24. The molecule has 0 aromatic carbocycles. The predicted octanol–water partition coefficient (Wildman–Crippen LogP) is 2.28. The Labute approximate surface area is 86.6 Å². The molecule has 0 bridgehead atoms. The van der Waals surface area contributed by atoms with Gasteiger partial charge in [-0.15, -0.1) is 0 Å². The molecule has 0 amide bonds. The Bertz CT molecular complexity index is 488. The standard InChI is InChI=1S/C11H10FN3/c12-11-5-10(3-4-13-11)15-7-9(6-14-15)8-1-2-8/h3-8H,1-2H2. The number of nitrogens with zero attached hydrogens (tertiary/aromatic N) is 3. The Morgan fingerprint density at radius 3 is 3.00 bits per heavy atom. The molecule has 0 N–H and O–H groups in total. The van der Waals surface area contributed by atoms with Gasteiger partial charge in [-0.2, -0.15) is 9.49 Å². The van der Waals surface area contributed by atoms with E-state index in [0.717, 1.165) is 5.69 Å². The fraction of sp³-hybridized carbons (Fsp3) is 0.273. The van der Waals surface area contributed by atoms with Crippen LogP contribution in [-0.4, -0.2) is 14.8 Å². The van der Waals surface area contributed by atoms with E-state index in [2.05, 4.69) is 10.1 Å². The van der Waals surface area contributed by atoms with Crippen LogP contribution in [0.5, 0.6) is 0 Å². The van der Waals surface area contributed by atoms with Crippen molar-refractivity contribution in [3.63, 3.8) is 0 Å². The molecule has 1 fully saturated rings. The van der Waals surface area contributed by atoms with Gasteiger partial charge in [0.25, 0.3) is 0 Å². The highest BCUT2D eigenvalue weighted by Crippen LogP contribution is 2.39. The van der Waals surface area contributed by atoms with Crippen LogP contribution in [-0.2, 0) is 0 Å². The number of halogens is 1. The minimum atomic E-state index is -0.476. The van der Waals surface area contributed by atoms with Gasteiger partial charge in [-0.05, 0) is 30.4 Å². The summed E-state index contributed by atoms with van der Waals surface area (Å²) in [4.78, 5) is 3.51. The number of rotatable bonds is 2. The summed E-state index contributed by atoms with van der Waals surface area (Å²) in [6, 6.07) is 3.12. The highest BCUT2D eigenvalue weighted by atomic mass is 19.1. The van der Waals surface area contributed by atoms with Gasteiger partial charge in [0.15, 0.2) is 0 Å². The van der Waals surface area contributed by atoms with Crippen LogP contribution >= 0.6 is 0 Å². The van der Waals surface area contributed by atoms with E-state index < -0.39 is 5.95 Å². The first-order chi connectivity index (χ1) is 7.33. The second-order valence-electron chi connectivity index (χ2n) is 3.83. The average Bonchev–Trinajstić information content (AvgIpc) is 2.97. The van der Waals surface area contributed by atoms with Crippen molar-refractivity contribution in [2.24, 2.45) is 0 Å². The van der Waals surface area contributed by atoms with Gasteiger partial charge in [0, 0.05) is 18.5 Å². The van der Waals surface area contributed by atoms with E-state index in [1.54, 1.807) is 10.7 Å². The third kappa shape index (κ3) is 1.63. The second-order valence-corrected chi connectivity index (χ2v) is 3.83. The molecule has 3 rings (SSSR count). The molecule has 0 unspecified atom stereocenters. The first-order valence-corrected chi connectivity index (χ1v) is 4.99. The lowest BCUT2D eigenvalue weighted by molar-refractivity contribution is 0.581. The first kappa shape index (κ1) is 8.59. The Kier molecular flexibility index (Phi) is 1.80. The SMILES string of the molecule is Fc1cc(-n2cc(C3CC3)cn2)ccn1. The molecule has 1 aliphatic rings. The molecule has 0 atom stereocenters. The van der Waals surface area contributed by atoms with Crippen LogP contribution in [0.2, 0.25) is 0 Å². The normalized spacial score (nSPS) is 15.5. The molecule has 3 nitrogen and oxygen atoms in total. The minimum Gasteiger partial charge on any atom is -0.240 e. The average molecular weight is 203 g/mol. The monoisotopic (exact) mass is 203 g/mol. The van der Waals surface area contributed by atoms with E-state index in [4.69, 9.17) is 0 Å². The van der Waals surface area contributed by atoms with E-state index in [0.29, 0.717) is 5.92 Å². The molecule has 2 heterocycles. The van der Waals surface area contributed by atoms with Gasteiger partial charge in [0.1, 0.15) is 0 Å². The molecular formula is C11H10FN3. The summed E-state index contributed by atoms with van der Waals surface area (Å²) in [6.45, 7) is 0. The summed E-state index contributed by atoms with van der Waals surface area (Å²) in [5, 5.41) is 4.21. The highest BCUT2D eigenvalue weighted by molar-refractivity contribution is 5.30. The maximum absolute atomic E-state index is 12.9. The van der Waals surface area contributed by atoms with Crippen molar-refractivity contribution in [3.05, 3.63) is 42.2 Å². The molecular weight excluding hydrogens is 193 g/mol. The molecule has 2 aromatic heterocycles. The van der Waals surface area contributed by atoms with Gasteiger partial charge in [-0.3, -0.25) is 0 Å². The smallest absolute Gasteiger partial charge is 0.214 e. The molecule has 76 valence electrons. The molecule has 4 heteroatoms. The van der Waals surface area contributed by atoms with Crippen LogP contribution in [0.3, 0.4) is 0 Å². The second kappa shape index (κ2) is 3.15. The number of aromatic nitrogens is 3. The Hall–Kier alpha value is -1.71. The number of hydrogen-bond acceptors (Lipinski definition) is 2. The third-order valence-corrected chi connectivity index (χ3v) is 2.63. The molecule has 1 aliphatic carbocycles. The fourth-order valence-electron chi connectivity index (χ4n) is 1.64. The molecule has 0 radical (unpaired) electrons. The maximum Gasteiger partial charge on any atom is 0.214 e. The first-order valence-electron chi connectivity index (χ1n) is 4.99. The summed E-state index contributed by atoms with van der Waals surface area (Å²) < 4.78 is 14.6. The lowest BCUT2D eigenvalue weighted by Gasteiger charge is -1.99. The maximum atomic E-state index is 12.9. The van der Waals surface area contributed by atoms with Crippen molar-refractivity contribution in [1.29, 1.82) is 0 Å². The van der Waals surface area contributed by atoms with Crippen LogP contribution in [0.25, 0.3) is 5.69 Å². The summed E-state index contributed by atoms with van der Waals surface area (Å²) >= 11 is 0. The van der Waals surface area contributed by atoms with Gasteiger partial charge in [0.05, 0.1) is 11.9 Å². The summed E-state index contributed by atoms with van der Waals surface area (Å²) in [6.07, 6.45) is 7.76. The fourth-order valence-corrected chi connectivity index (χ4v) is 1.64. The van der Waals surface area contributed by atoms with Gasteiger partial charge in [-0.1, -0.05) is 0 Å². The van der Waals surface area contributed by atoms with Crippen molar-refractivity contribution in [1.82, 2.24) is 14.8 Å². The zero-order valence-electron chi connectivity index (χ0n) is 8.10. The molecule has 1 saturated carbocycles. The lowest BCUT2D eigenvalue weighted by Crippen LogP contribution is -1.95. The summed E-state index contributed by atoms with van der Waals surface area (Å²) in [5.74, 6) is 0.196. The van der Waals surface area contributed by atoms with E-state index in [9.17, 15) is 4.39 Å². The minimum absolute atomic E-state index is 0.476. The van der Waals surface area contributed by atoms with E-state index in [1.165, 1.54) is 30.7 Å². The Morgan fingerprint density at radius 2 is 2.27 bits per heavy atom. The molecule has 15 heavy (non-hydrogen) atoms. The van der Waals surface area contributed by atoms with Crippen molar-refractivity contribution in [2.45, 2.75) is 18.8 Å². The van der Waals surface area contributed by atoms with E-state index >= 15 is 0 Å². The zero-order valence-corrected chi connectivity index (χ0v) is 8.10. The van der Waals surface area contributed by atoms with E-state index in [1.807, 2.05) is 12.4 Å². The summed E-state index contributed by atoms with van der Waals surface area (Å²) in [5.41, 5.74) is 1.96. The van der Waals surface area contributed by atoms with Gasteiger partial charge in [-0.25, -0.2) is 9.67 Å². The zero-order chi connectivity index (χ0) is 10.3. The van der Waals surface area contributed by atoms with Crippen molar-refractivity contribution in [2.75, 3.05) is 0 Å². The van der Waals surface area contributed by atoms with Crippen LogP contribution < -0.4 is 0 Å². The molecule has 0 saturated heterocycles. The van der Waals surface area contributed by atoms with Gasteiger partial charge >= 0.3 is 0 Å². The number of pyridine rings is 1. The number of hydrogen-bond donors (Lipinski definition) is 0. The largest absolute Gasteiger partial charge is 0.240 e. The molecule has 0 spiro atoms. The van der Waals surface area contributed by atoms with Crippen molar-refractivity contribution < 1.29 is 4.39 Å². The van der Waals surface area contributed by atoms with Crippen molar-refractivity contribution in [3.8, 4) is 5.69 Å². The quantitative estimate of drug-likeness (QED) is 0.701. The lowest BCUT2D eigenvalue weighted by atomic mass is 10.2. The topological polar surface area (TPSA) is 30.7 Å². The predicted molar refractivity (Wildman–Crippen MR) is 53.3 cm³/mol. The van der Waals surface area contributed by atoms with Crippen LogP contribution in [0.1, 0.15) is 24.3 Å². The Morgan fingerprint density at radius 1 is 1.40 bits per heavy atom. The van der Waals surface area contributed by atoms with E-state index in [-0.39, 0.29) is 0 Å². The Balaban J connectivity index is 1.97. The van der Waals surface area contributed by atoms with Gasteiger partial charge in [0.2, 0.25) is 5.95 Å². The molecule has 2 aromatic rings. The van der Waals surface area contributed by atoms with Crippen LogP contribution in [0.4, 0.5) is 4.39 Å².